The van der Waals surface area contributed by atoms with Crippen molar-refractivity contribution < 1.29 is 0 Å². The number of hydrogen-bond acceptors (Lipinski definition) is 1. The molecule has 1 nitrogen and oxygen atoms in total. The summed E-state index contributed by atoms with van der Waals surface area (Å²) in [5.74, 6) is 0. The number of rotatable bonds is 0. The fourth-order valence-electron chi connectivity index (χ4n) is 0. The van der Waals surface area contributed by atoms with Crippen LogP contribution in [0.5, 0.6) is 0 Å². The minimum atomic E-state index is 2.50. The highest BCUT2D eigenvalue weighted by molar-refractivity contribution is 5.15. The molecule has 0 rings (SSSR count). The van der Waals surface area contributed by atoms with Crippen molar-refractivity contribution in [1.29, 1.82) is 5.41 Å². The predicted molar refractivity (Wildman–Crippen MR) is 19.7 cm³/mol. The van der Waals surface area contributed by atoms with Gasteiger partial charge in [0.05, 0.1) is 0 Å². The van der Waals surface area contributed by atoms with E-state index in [1.165, 1.54) is 0 Å². The van der Waals surface area contributed by atoms with Gasteiger partial charge < -0.3 is 5.41 Å². The molecule has 0 fully saturated rings. The van der Waals surface area contributed by atoms with E-state index in [0.29, 0.717) is 0 Å². The van der Waals surface area contributed by atoms with Crippen LogP contribution in [0.2, 0.25) is 0 Å². The summed E-state index contributed by atoms with van der Waals surface area (Å²) in [7, 11) is 0. The van der Waals surface area contributed by atoms with Crippen molar-refractivity contribution >= 4 is 6.72 Å². The molecule has 0 aliphatic heterocycles. The Morgan fingerprint density at radius 2 is 1.25 bits per heavy atom. The van der Waals surface area contributed by atoms with Crippen molar-refractivity contribution in [3.63, 3.8) is 0 Å². The van der Waals surface area contributed by atoms with Crippen LogP contribution in [-0.2, 0) is 0 Å². The molecular weight excluding hydrogens is 50.0 g/mol. The Labute approximate surface area is 26.2 Å². The molecule has 0 unspecified atom stereocenters. The molecule has 22 valence electrons. The molecule has 0 spiro atoms. The number of nitrogens with one attached hydrogen (secondary N) is 1. The van der Waals surface area contributed by atoms with E-state index >= 15 is 0 Å². The molecule has 0 aromatic carbocycles. The van der Waals surface area contributed by atoms with Crippen molar-refractivity contribution in [1.82, 2.24) is 0 Å². The second-order valence-electron chi connectivity index (χ2n) is 0. The van der Waals surface area contributed by atoms with Gasteiger partial charge in [0, 0.05) is 0 Å². The first-order valence-corrected chi connectivity index (χ1v) is 0.687. The van der Waals surface area contributed by atoms with Gasteiger partial charge in [-0.05, 0) is 6.72 Å². The van der Waals surface area contributed by atoms with Crippen LogP contribution in [0.1, 0.15) is 0 Å². The molecule has 0 heterocycles. The van der Waals surface area contributed by atoms with E-state index in [2.05, 4.69) is 19.6 Å². The monoisotopic (exact) mass is 55.0 g/mol. The van der Waals surface area contributed by atoms with Gasteiger partial charge >= 0.3 is 0 Å². The summed E-state index contributed by atoms with van der Waals surface area (Å²) in [5, 5.41) is 5.50. The Hall–Kier alpha value is -0.770. The Morgan fingerprint density at radius 3 is 1.25 bits per heavy atom. The Morgan fingerprint density at radius 1 is 1.25 bits per heavy atom. The lowest BCUT2D eigenvalue weighted by Crippen LogP contribution is -0.827. The molecule has 0 bridgehead atoms. The van der Waals surface area contributed by atoms with E-state index in [4.69, 9.17) is 5.41 Å². The van der Waals surface area contributed by atoms with Gasteiger partial charge in [-0.1, -0.05) is 0 Å². The van der Waals surface area contributed by atoms with Gasteiger partial charge in [0.15, 0.2) is 0 Å². The molecule has 0 aliphatic rings. The largest absolute Gasteiger partial charge is 0.317 e. The zero-order valence-electron chi connectivity index (χ0n) is 2.36. The molecule has 0 atom stereocenters. The van der Waals surface area contributed by atoms with Crippen molar-refractivity contribution in [2.45, 2.75) is 0 Å². The smallest absolute Gasteiger partial charge is 0.0187 e. The third kappa shape index (κ3) is 0.110. The average molecular weight is 55.1 g/mol. The highest BCUT2D eigenvalue weighted by atomic mass is 14.2. The summed E-state index contributed by atoms with van der Waals surface area (Å²) >= 11 is 0. The van der Waals surface area contributed by atoms with Gasteiger partial charge in [-0.15, -0.1) is 12.8 Å². The van der Waals surface area contributed by atoms with E-state index in [-0.39, 0.29) is 0 Å². The molecule has 0 aromatic rings. The topological polar surface area (TPSA) is 23.9 Å². The molecule has 0 aliphatic carbocycles. The van der Waals surface area contributed by atoms with Crippen LogP contribution in [-0.4, -0.2) is 6.72 Å². The van der Waals surface area contributed by atoms with Crippen molar-refractivity contribution in [2.24, 2.45) is 0 Å². The third-order valence-corrected chi connectivity index (χ3v) is 0. The Bertz CT molecular complexity index is 14.5. The molecule has 0 saturated heterocycles. The van der Waals surface area contributed by atoms with Crippen LogP contribution in [0.25, 0.3) is 0 Å². The van der Waals surface area contributed by atoms with E-state index < -0.39 is 0 Å². The summed E-state index contributed by atoms with van der Waals surface area (Å²) in [6.07, 6.45) is 8.00. The lowest BCUT2D eigenvalue weighted by molar-refractivity contribution is 1.61. The molecule has 1 N–H and O–H groups in total. The Balaban J connectivity index is 0. The van der Waals surface area contributed by atoms with E-state index in [1.807, 2.05) is 0 Å². The molecule has 0 aromatic heterocycles. The maximum atomic E-state index is 5.50. The number of hydrogen-bond donors (Lipinski definition) is 1. The summed E-state index contributed by atoms with van der Waals surface area (Å²) < 4.78 is 0. The van der Waals surface area contributed by atoms with Crippen molar-refractivity contribution in [3.05, 3.63) is 0 Å². The van der Waals surface area contributed by atoms with Crippen LogP contribution in [0, 0.1) is 18.3 Å². The average Bonchev–Trinajstić information content (AvgIpc) is 1.50. The van der Waals surface area contributed by atoms with Crippen LogP contribution in [0.15, 0.2) is 0 Å². The first kappa shape index (κ1) is 10.6. The van der Waals surface area contributed by atoms with Crippen LogP contribution >= 0.6 is 0 Å². The highest BCUT2D eigenvalue weighted by Gasteiger charge is 0.555. The zero-order valence-corrected chi connectivity index (χ0v) is 2.36. The first-order valence-electron chi connectivity index (χ1n) is 0.687. The van der Waals surface area contributed by atoms with Gasteiger partial charge in [-0.25, -0.2) is 0 Å². The van der Waals surface area contributed by atoms with E-state index in [0.717, 1.165) is 0 Å². The summed E-state index contributed by atoms with van der Waals surface area (Å²) in [5.41, 5.74) is 0. The lowest BCUT2D eigenvalue weighted by atomic mass is 11.4. The van der Waals surface area contributed by atoms with Gasteiger partial charge in [0.1, 0.15) is 0 Å². The molecule has 0 saturated carbocycles. The lowest BCUT2D eigenvalue weighted by Gasteiger charge is -0.890. The van der Waals surface area contributed by atoms with Gasteiger partial charge in [0.2, 0.25) is 0 Å². The number of terminal acetylenes is 1. The first-order chi connectivity index (χ1) is 2.00. The van der Waals surface area contributed by atoms with E-state index in [9.17, 15) is 0 Å². The second kappa shape index (κ2) is 5.69. The zero-order chi connectivity index (χ0) is 4.00. The van der Waals surface area contributed by atoms with Gasteiger partial charge in [-0.3, -0.25) is 0 Å². The van der Waals surface area contributed by atoms with Crippen LogP contribution in [0.3, 0.4) is 0 Å². The molecule has 0 amide bonds. The quantitative estimate of drug-likeness (QED) is 0.308. The summed E-state index contributed by atoms with van der Waals surface area (Å²) in [6.45, 7) is 2.50. The van der Waals surface area contributed by atoms with Crippen molar-refractivity contribution in [3.8, 4) is 12.8 Å². The molecule has 0 radical (unpaired) electrons. The standard InChI is InChI=1S/C2H2.CH3N/c2*1-2/h1-2H;2H,1H2. The molecular formula is C3H5N. The Kier molecular flexibility index (Phi) is 15.1. The van der Waals surface area contributed by atoms with E-state index in [1.54, 1.807) is 0 Å². The summed E-state index contributed by atoms with van der Waals surface area (Å²) in [4.78, 5) is 0. The van der Waals surface area contributed by atoms with Crippen LogP contribution in [0.4, 0.5) is 0 Å². The SMILES string of the molecule is C#C.C=N. The second-order valence-corrected chi connectivity index (χ2v) is 0. The fourth-order valence-corrected chi connectivity index (χ4v) is 0. The minimum absolute atomic E-state index is 2.50. The predicted octanol–water partition coefficient (Wildman–Crippen LogP) is 0.515. The van der Waals surface area contributed by atoms with Gasteiger partial charge in [0.25, 0.3) is 0 Å². The summed E-state index contributed by atoms with van der Waals surface area (Å²) in [6, 6.07) is 0. The molecule has 1 heteroatoms. The third-order valence-electron chi connectivity index (χ3n) is 0. The normalized spacial score (nSPS) is 1.50. The maximum absolute atomic E-state index is 5.50. The minimum Gasteiger partial charge on any atom is -0.317 e. The molecule has 4 heavy (non-hydrogen) atoms. The maximum Gasteiger partial charge on any atom is -0.0187 e. The fraction of sp³-hybridized carbons (Fsp3) is 0. The van der Waals surface area contributed by atoms with Crippen molar-refractivity contribution in [2.75, 3.05) is 0 Å². The van der Waals surface area contributed by atoms with Crippen LogP contribution < -0.4 is 0 Å². The van der Waals surface area contributed by atoms with Gasteiger partial charge in [-0.2, -0.15) is 0 Å². The highest BCUT2D eigenvalue weighted by Crippen LogP contribution is 0.633.